The Balaban J connectivity index is 2.41. The Bertz CT molecular complexity index is 462. The van der Waals surface area contributed by atoms with Crippen molar-refractivity contribution in [3.05, 3.63) is 17.7 Å². The molecule has 5 heteroatoms. The lowest BCUT2D eigenvalue weighted by molar-refractivity contribution is -0.0285. The Morgan fingerprint density at radius 2 is 1.90 bits per heavy atom. The molecular weight excluding hydrogens is 270 g/mol. The van der Waals surface area contributed by atoms with Gasteiger partial charge in [-0.05, 0) is 32.0 Å². The fourth-order valence-electron chi connectivity index (χ4n) is 3.01. The van der Waals surface area contributed by atoms with Crippen molar-refractivity contribution in [2.75, 3.05) is 41.5 Å². The van der Waals surface area contributed by atoms with E-state index < -0.39 is 0 Å². The van der Waals surface area contributed by atoms with Crippen LogP contribution >= 0.6 is 0 Å². The fourth-order valence-corrected chi connectivity index (χ4v) is 3.01. The molecule has 118 valence electrons. The Morgan fingerprint density at radius 3 is 2.52 bits per heavy atom. The van der Waals surface area contributed by atoms with Crippen LogP contribution in [0.1, 0.15) is 24.5 Å². The van der Waals surface area contributed by atoms with Crippen molar-refractivity contribution in [3.63, 3.8) is 0 Å². The lowest BCUT2D eigenvalue weighted by Crippen LogP contribution is -2.30. The molecule has 1 heterocycles. The summed E-state index contributed by atoms with van der Waals surface area (Å²) in [5.41, 5.74) is 1.02. The van der Waals surface area contributed by atoms with Gasteiger partial charge in [-0.3, -0.25) is 0 Å². The zero-order chi connectivity index (χ0) is 15.2. The lowest BCUT2D eigenvalue weighted by atomic mass is 9.88. The second-order valence-electron chi connectivity index (χ2n) is 5.17. The maximum absolute atomic E-state index is 6.03. The van der Waals surface area contributed by atoms with Crippen LogP contribution in [-0.4, -0.2) is 41.5 Å². The smallest absolute Gasteiger partial charge is 0.203 e. The van der Waals surface area contributed by atoms with Gasteiger partial charge in [0.1, 0.15) is 0 Å². The molecule has 0 aromatic heterocycles. The first-order valence-corrected chi connectivity index (χ1v) is 7.31. The molecule has 1 aromatic rings. The zero-order valence-corrected chi connectivity index (χ0v) is 13.3. The van der Waals surface area contributed by atoms with Crippen LogP contribution < -0.4 is 19.5 Å². The molecule has 1 aliphatic heterocycles. The number of nitrogens with one attached hydrogen (secondary N) is 1. The number of hydrogen-bond acceptors (Lipinski definition) is 5. The van der Waals surface area contributed by atoms with Crippen LogP contribution in [0.5, 0.6) is 17.2 Å². The Kier molecular flexibility index (Phi) is 5.70. The van der Waals surface area contributed by atoms with E-state index in [2.05, 4.69) is 5.32 Å². The first-order chi connectivity index (χ1) is 10.3. The van der Waals surface area contributed by atoms with E-state index >= 15 is 0 Å². The van der Waals surface area contributed by atoms with E-state index in [-0.39, 0.29) is 6.10 Å². The van der Waals surface area contributed by atoms with Crippen LogP contribution in [0.3, 0.4) is 0 Å². The molecule has 21 heavy (non-hydrogen) atoms. The van der Waals surface area contributed by atoms with Crippen molar-refractivity contribution in [3.8, 4) is 17.2 Å². The van der Waals surface area contributed by atoms with Gasteiger partial charge in [0.2, 0.25) is 5.75 Å². The van der Waals surface area contributed by atoms with Gasteiger partial charge < -0.3 is 24.3 Å². The van der Waals surface area contributed by atoms with Gasteiger partial charge in [-0.1, -0.05) is 0 Å². The third-order valence-corrected chi connectivity index (χ3v) is 3.95. The minimum atomic E-state index is 0.0148. The molecule has 2 unspecified atom stereocenters. The molecule has 0 bridgehead atoms. The van der Waals surface area contributed by atoms with Gasteiger partial charge in [-0.25, -0.2) is 0 Å². The molecule has 1 saturated heterocycles. The van der Waals surface area contributed by atoms with Crippen LogP contribution in [0.4, 0.5) is 0 Å². The molecule has 0 aliphatic carbocycles. The van der Waals surface area contributed by atoms with Crippen molar-refractivity contribution in [2.24, 2.45) is 5.92 Å². The summed E-state index contributed by atoms with van der Waals surface area (Å²) in [5.74, 6) is 2.41. The summed E-state index contributed by atoms with van der Waals surface area (Å²) in [6.07, 6.45) is 2.25. The Hall–Kier alpha value is -1.46. The van der Waals surface area contributed by atoms with E-state index in [1.165, 1.54) is 0 Å². The molecule has 1 fully saturated rings. The zero-order valence-electron chi connectivity index (χ0n) is 13.3. The first kappa shape index (κ1) is 15.9. The van der Waals surface area contributed by atoms with E-state index in [1.54, 1.807) is 21.3 Å². The number of methoxy groups -OCH3 is 3. The summed E-state index contributed by atoms with van der Waals surface area (Å²) >= 11 is 0. The largest absolute Gasteiger partial charge is 0.493 e. The maximum Gasteiger partial charge on any atom is 0.203 e. The van der Waals surface area contributed by atoms with Crippen LogP contribution in [0.15, 0.2) is 12.1 Å². The molecule has 1 aliphatic rings. The second kappa shape index (κ2) is 7.52. The molecule has 1 aromatic carbocycles. The van der Waals surface area contributed by atoms with Crippen molar-refractivity contribution in [1.29, 1.82) is 0 Å². The maximum atomic E-state index is 6.03. The van der Waals surface area contributed by atoms with E-state index in [0.29, 0.717) is 23.2 Å². The monoisotopic (exact) mass is 295 g/mol. The minimum absolute atomic E-state index is 0.0148. The van der Waals surface area contributed by atoms with E-state index in [9.17, 15) is 0 Å². The molecular formula is C16H25NO4. The summed E-state index contributed by atoms with van der Waals surface area (Å²) < 4.78 is 22.4. The van der Waals surface area contributed by atoms with Crippen LogP contribution in [-0.2, 0) is 4.74 Å². The summed E-state index contributed by atoms with van der Waals surface area (Å²) in [6, 6.07) is 3.92. The third-order valence-electron chi connectivity index (χ3n) is 3.95. The van der Waals surface area contributed by atoms with E-state index in [1.807, 2.05) is 19.2 Å². The molecule has 0 radical (unpaired) electrons. The van der Waals surface area contributed by atoms with Gasteiger partial charge in [0.25, 0.3) is 0 Å². The summed E-state index contributed by atoms with van der Waals surface area (Å²) in [7, 11) is 6.86. The second-order valence-corrected chi connectivity index (χ2v) is 5.17. The predicted molar refractivity (Wildman–Crippen MR) is 81.4 cm³/mol. The Morgan fingerprint density at radius 1 is 1.14 bits per heavy atom. The topological polar surface area (TPSA) is 49.0 Å². The van der Waals surface area contributed by atoms with E-state index in [4.69, 9.17) is 18.9 Å². The van der Waals surface area contributed by atoms with Crippen molar-refractivity contribution < 1.29 is 18.9 Å². The molecule has 2 atom stereocenters. The normalized spacial score (nSPS) is 21.9. The van der Waals surface area contributed by atoms with Crippen molar-refractivity contribution in [1.82, 2.24) is 5.32 Å². The summed E-state index contributed by atoms with van der Waals surface area (Å²) in [6.45, 7) is 1.70. The van der Waals surface area contributed by atoms with Gasteiger partial charge in [0.15, 0.2) is 11.5 Å². The molecule has 0 saturated carbocycles. The third kappa shape index (κ3) is 3.24. The standard InChI is InChI=1S/C16H25NO4/c1-17-10-11-6-5-9-21-14(11)12-7-8-13(18-2)16(20-4)15(12)19-3/h7-8,11,14,17H,5-6,9-10H2,1-4H3. The van der Waals surface area contributed by atoms with Crippen LogP contribution in [0, 0.1) is 5.92 Å². The molecule has 0 amide bonds. The fraction of sp³-hybridized carbons (Fsp3) is 0.625. The molecule has 5 nitrogen and oxygen atoms in total. The number of hydrogen-bond donors (Lipinski definition) is 1. The highest BCUT2D eigenvalue weighted by Crippen LogP contribution is 2.46. The number of rotatable bonds is 6. The highest BCUT2D eigenvalue weighted by molar-refractivity contribution is 5.56. The number of ether oxygens (including phenoxy) is 4. The van der Waals surface area contributed by atoms with Crippen LogP contribution in [0.25, 0.3) is 0 Å². The van der Waals surface area contributed by atoms with Crippen LogP contribution in [0.2, 0.25) is 0 Å². The average molecular weight is 295 g/mol. The van der Waals surface area contributed by atoms with Crippen molar-refractivity contribution in [2.45, 2.75) is 18.9 Å². The predicted octanol–water partition coefficient (Wildman–Crippen LogP) is 2.40. The molecule has 0 spiro atoms. The van der Waals surface area contributed by atoms with E-state index in [0.717, 1.165) is 31.6 Å². The summed E-state index contributed by atoms with van der Waals surface area (Å²) in [4.78, 5) is 0. The highest BCUT2D eigenvalue weighted by Gasteiger charge is 2.31. The quantitative estimate of drug-likeness (QED) is 0.873. The van der Waals surface area contributed by atoms with Gasteiger partial charge in [-0.15, -0.1) is 0 Å². The molecule has 2 rings (SSSR count). The van der Waals surface area contributed by atoms with Gasteiger partial charge in [0.05, 0.1) is 27.4 Å². The average Bonchev–Trinajstić information content (AvgIpc) is 2.54. The van der Waals surface area contributed by atoms with Gasteiger partial charge in [-0.2, -0.15) is 0 Å². The molecule has 1 N–H and O–H groups in total. The Labute approximate surface area is 126 Å². The SMILES string of the molecule is CNCC1CCCOC1c1ccc(OC)c(OC)c1OC. The minimum Gasteiger partial charge on any atom is -0.493 e. The first-order valence-electron chi connectivity index (χ1n) is 7.31. The van der Waals surface area contributed by atoms with Gasteiger partial charge in [0, 0.05) is 24.6 Å². The van der Waals surface area contributed by atoms with Gasteiger partial charge >= 0.3 is 0 Å². The number of benzene rings is 1. The lowest BCUT2D eigenvalue weighted by Gasteiger charge is -2.33. The summed E-state index contributed by atoms with van der Waals surface area (Å²) in [5, 5.41) is 3.25. The highest BCUT2D eigenvalue weighted by atomic mass is 16.5. The van der Waals surface area contributed by atoms with Crippen molar-refractivity contribution >= 4 is 0 Å².